The third kappa shape index (κ3) is 1.74. The van der Waals surface area contributed by atoms with Crippen LogP contribution in [-0.4, -0.2) is 16.0 Å². The first-order valence-electron chi connectivity index (χ1n) is 4.75. The highest BCUT2D eigenvalue weighted by Crippen LogP contribution is 2.29. The Hall–Kier alpha value is -1.25. The lowest BCUT2D eigenvalue weighted by Gasteiger charge is -2.10. The predicted octanol–water partition coefficient (Wildman–Crippen LogP) is 2.41. The fourth-order valence-corrected chi connectivity index (χ4v) is 2.00. The van der Waals surface area contributed by atoms with Crippen LogP contribution in [-0.2, 0) is 0 Å². The van der Waals surface area contributed by atoms with Crippen molar-refractivity contribution < 1.29 is 5.21 Å². The van der Waals surface area contributed by atoms with Crippen LogP contribution >= 0.6 is 0 Å². The first-order valence-corrected chi connectivity index (χ1v) is 4.75. The fraction of sp³-hybridized carbons (Fsp3) is 0.500. The predicted molar refractivity (Wildman–Crippen MR) is 51.3 cm³/mol. The monoisotopic (exact) mass is 178 g/mol. The van der Waals surface area contributed by atoms with Gasteiger partial charge in [-0.2, -0.15) is 0 Å². The van der Waals surface area contributed by atoms with Crippen LogP contribution in [0, 0.1) is 0 Å². The molecule has 2 rings (SSSR count). The molecule has 1 aliphatic rings. The molecule has 0 spiro atoms. The van der Waals surface area contributed by atoms with Crippen molar-refractivity contribution >= 4 is 6.21 Å². The molecule has 1 aliphatic carbocycles. The SMILES string of the molecule is ON=Cc1ccn(C2CCCC2)c1. The van der Waals surface area contributed by atoms with E-state index in [1.54, 1.807) is 0 Å². The number of rotatable bonds is 2. The summed E-state index contributed by atoms with van der Waals surface area (Å²) in [6, 6.07) is 2.64. The minimum absolute atomic E-state index is 0.667. The third-order valence-corrected chi connectivity index (χ3v) is 2.69. The molecule has 0 amide bonds. The molecular weight excluding hydrogens is 164 g/mol. The van der Waals surface area contributed by atoms with Crippen molar-refractivity contribution in [2.75, 3.05) is 0 Å². The highest BCUT2D eigenvalue weighted by Gasteiger charge is 2.15. The lowest BCUT2D eigenvalue weighted by atomic mass is 10.2. The molecule has 70 valence electrons. The molecule has 0 saturated heterocycles. The zero-order valence-corrected chi connectivity index (χ0v) is 7.56. The van der Waals surface area contributed by atoms with Crippen LogP contribution in [0.1, 0.15) is 37.3 Å². The average Bonchev–Trinajstić information content (AvgIpc) is 2.70. The van der Waals surface area contributed by atoms with Crippen LogP contribution in [0.5, 0.6) is 0 Å². The van der Waals surface area contributed by atoms with Gasteiger partial charge in [0.05, 0.1) is 6.21 Å². The molecule has 0 radical (unpaired) electrons. The van der Waals surface area contributed by atoms with Crippen molar-refractivity contribution in [3.05, 3.63) is 24.0 Å². The van der Waals surface area contributed by atoms with Crippen molar-refractivity contribution in [3.8, 4) is 0 Å². The molecule has 13 heavy (non-hydrogen) atoms. The van der Waals surface area contributed by atoms with E-state index >= 15 is 0 Å². The van der Waals surface area contributed by atoms with Crippen molar-refractivity contribution in [3.63, 3.8) is 0 Å². The largest absolute Gasteiger partial charge is 0.411 e. The average molecular weight is 178 g/mol. The Labute approximate surface area is 77.7 Å². The second-order valence-corrected chi connectivity index (χ2v) is 3.57. The van der Waals surface area contributed by atoms with Gasteiger partial charge in [-0.05, 0) is 18.9 Å². The van der Waals surface area contributed by atoms with Gasteiger partial charge in [0.25, 0.3) is 0 Å². The second kappa shape index (κ2) is 3.64. The number of nitrogens with zero attached hydrogens (tertiary/aromatic N) is 2. The second-order valence-electron chi connectivity index (χ2n) is 3.57. The molecule has 0 atom stereocenters. The molecule has 1 aromatic rings. The minimum Gasteiger partial charge on any atom is -0.411 e. The summed E-state index contributed by atoms with van der Waals surface area (Å²) in [4.78, 5) is 0. The Kier molecular flexibility index (Phi) is 2.34. The number of oxime groups is 1. The van der Waals surface area contributed by atoms with E-state index in [4.69, 9.17) is 5.21 Å². The van der Waals surface area contributed by atoms with Crippen LogP contribution in [0.15, 0.2) is 23.6 Å². The third-order valence-electron chi connectivity index (χ3n) is 2.69. The Morgan fingerprint density at radius 1 is 1.46 bits per heavy atom. The van der Waals surface area contributed by atoms with E-state index in [2.05, 4.69) is 15.9 Å². The smallest absolute Gasteiger partial charge is 0.0749 e. The summed E-state index contributed by atoms with van der Waals surface area (Å²) in [5, 5.41) is 11.4. The van der Waals surface area contributed by atoms with Gasteiger partial charge in [-0.3, -0.25) is 0 Å². The van der Waals surface area contributed by atoms with E-state index in [0.717, 1.165) is 5.56 Å². The molecule has 0 aliphatic heterocycles. The van der Waals surface area contributed by atoms with Gasteiger partial charge in [0.2, 0.25) is 0 Å². The standard InChI is InChI=1S/C10H14N2O/c13-11-7-9-5-6-12(8-9)10-3-1-2-4-10/h5-8,10,13H,1-4H2. The Morgan fingerprint density at radius 3 is 2.92 bits per heavy atom. The van der Waals surface area contributed by atoms with E-state index in [-0.39, 0.29) is 0 Å². The van der Waals surface area contributed by atoms with E-state index in [9.17, 15) is 0 Å². The fourth-order valence-electron chi connectivity index (χ4n) is 2.00. The lowest BCUT2D eigenvalue weighted by Crippen LogP contribution is -2.00. The molecule has 1 aromatic heterocycles. The normalized spacial score (nSPS) is 18.8. The summed E-state index contributed by atoms with van der Waals surface area (Å²) < 4.78 is 2.23. The minimum atomic E-state index is 0.667. The number of hydrogen-bond donors (Lipinski definition) is 1. The molecule has 1 N–H and O–H groups in total. The van der Waals surface area contributed by atoms with E-state index in [1.807, 2.05) is 12.3 Å². The van der Waals surface area contributed by atoms with Crippen molar-refractivity contribution in [1.82, 2.24) is 4.57 Å². The van der Waals surface area contributed by atoms with Gasteiger partial charge in [-0.15, -0.1) is 0 Å². The summed E-state index contributed by atoms with van der Waals surface area (Å²) in [5.74, 6) is 0. The molecular formula is C10H14N2O. The van der Waals surface area contributed by atoms with Crippen molar-refractivity contribution in [2.45, 2.75) is 31.7 Å². The zero-order valence-electron chi connectivity index (χ0n) is 7.56. The van der Waals surface area contributed by atoms with Gasteiger partial charge in [0.1, 0.15) is 0 Å². The van der Waals surface area contributed by atoms with Crippen molar-refractivity contribution in [1.29, 1.82) is 0 Å². The molecule has 1 heterocycles. The maximum absolute atomic E-state index is 8.35. The molecule has 0 unspecified atom stereocenters. The van der Waals surface area contributed by atoms with Gasteiger partial charge >= 0.3 is 0 Å². The van der Waals surface area contributed by atoms with Gasteiger partial charge in [0.15, 0.2) is 0 Å². The lowest BCUT2D eigenvalue weighted by molar-refractivity contribution is 0.322. The maximum atomic E-state index is 8.35. The topological polar surface area (TPSA) is 37.5 Å². The summed E-state index contributed by atoms with van der Waals surface area (Å²) >= 11 is 0. The highest BCUT2D eigenvalue weighted by molar-refractivity contribution is 5.78. The van der Waals surface area contributed by atoms with Crippen LogP contribution in [0.2, 0.25) is 0 Å². The van der Waals surface area contributed by atoms with Gasteiger partial charge in [-0.25, -0.2) is 0 Å². The summed E-state index contributed by atoms with van der Waals surface area (Å²) in [5.41, 5.74) is 0.967. The highest BCUT2D eigenvalue weighted by atomic mass is 16.4. The molecule has 3 nitrogen and oxygen atoms in total. The van der Waals surface area contributed by atoms with Crippen LogP contribution in [0.4, 0.5) is 0 Å². The molecule has 0 aromatic carbocycles. The van der Waals surface area contributed by atoms with Gasteiger partial charge in [0, 0.05) is 24.0 Å². The molecule has 3 heteroatoms. The first-order chi connectivity index (χ1) is 6.40. The van der Waals surface area contributed by atoms with Gasteiger partial charge < -0.3 is 9.77 Å². The molecule has 0 bridgehead atoms. The number of aromatic nitrogens is 1. The Morgan fingerprint density at radius 2 is 2.23 bits per heavy atom. The van der Waals surface area contributed by atoms with Crippen LogP contribution in [0.25, 0.3) is 0 Å². The van der Waals surface area contributed by atoms with E-state index < -0.39 is 0 Å². The van der Waals surface area contributed by atoms with Crippen LogP contribution in [0.3, 0.4) is 0 Å². The van der Waals surface area contributed by atoms with Crippen molar-refractivity contribution in [2.24, 2.45) is 5.16 Å². The molecule has 1 fully saturated rings. The Bertz CT molecular complexity index is 298. The van der Waals surface area contributed by atoms with E-state index in [0.29, 0.717) is 6.04 Å². The van der Waals surface area contributed by atoms with Crippen LogP contribution < -0.4 is 0 Å². The zero-order chi connectivity index (χ0) is 9.10. The van der Waals surface area contributed by atoms with Gasteiger partial charge in [-0.1, -0.05) is 18.0 Å². The van der Waals surface area contributed by atoms with E-state index in [1.165, 1.54) is 31.9 Å². The Balaban J connectivity index is 2.12. The first kappa shape index (κ1) is 8.35. The number of hydrogen-bond acceptors (Lipinski definition) is 2. The summed E-state index contributed by atoms with van der Waals surface area (Å²) in [7, 11) is 0. The quantitative estimate of drug-likeness (QED) is 0.421. The maximum Gasteiger partial charge on any atom is 0.0749 e. The summed E-state index contributed by atoms with van der Waals surface area (Å²) in [6.45, 7) is 0. The molecule has 1 saturated carbocycles. The summed E-state index contributed by atoms with van der Waals surface area (Å²) in [6.07, 6.45) is 10.8.